The molecule has 17 heavy (non-hydrogen) atoms. The number of aromatic carboxylic acids is 1. The monoisotopic (exact) mass is 293 g/mol. The van der Waals surface area contributed by atoms with Gasteiger partial charge in [0.15, 0.2) is 0 Å². The summed E-state index contributed by atoms with van der Waals surface area (Å²) in [4.78, 5) is 11.0. The van der Waals surface area contributed by atoms with E-state index in [-0.39, 0.29) is 5.69 Å². The second-order valence-corrected chi connectivity index (χ2v) is 4.70. The van der Waals surface area contributed by atoms with Gasteiger partial charge in [0.25, 0.3) is 0 Å². The van der Waals surface area contributed by atoms with E-state index in [1.807, 2.05) is 31.2 Å². The Labute approximate surface area is 108 Å². The number of hydrogen-bond donors (Lipinski definition) is 1. The first-order valence-corrected chi connectivity index (χ1v) is 5.96. The fourth-order valence-corrected chi connectivity index (χ4v) is 2.31. The van der Waals surface area contributed by atoms with Crippen LogP contribution in [0.5, 0.6) is 0 Å². The van der Waals surface area contributed by atoms with Crippen LogP contribution in [0.25, 0.3) is 11.3 Å². The fourth-order valence-electron chi connectivity index (χ4n) is 1.84. The van der Waals surface area contributed by atoms with Gasteiger partial charge in [-0.15, -0.1) is 0 Å². The van der Waals surface area contributed by atoms with Crippen LogP contribution in [0.3, 0.4) is 0 Å². The van der Waals surface area contributed by atoms with E-state index in [1.54, 1.807) is 17.7 Å². The highest BCUT2D eigenvalue weighted by molar-refractivity contribution is 9.10. The van der Waals surface area contributed by atoms with Crippen molar-refractivity contribution in [1.29, 1.82) is 0 Å². The van der Waals surface area contributed by atoms with Gasteiger partial charge in [0.05, 0.1) is 0 Å². The molecule has 0 radical (unpaired) electrons. The van der Waals surface area contributed by atoms with Gasteiger partial charge in [-0.3, -0.25) is 0 Å². The van der Waals surface area contributed by atoms with Crippen LogP contribution in [-0.2, 0) is 7.05 Å². The van der Waals surface area contributed by atoms with Crippen LogP contribution in [0.15, 0.2) is 34.8 Å². The molecule has 0 aliphatic rings. The summed E-state index contributed by atoms with van der Waals surface area (Å²) < 4.78 is 2.68. The number of halogens is 1. The first kappa shape index (κ1) is 11.9. The molecule has 0 bridgehead atoms. The van der Waals surface area contributed by atoms with Crippen LogP contribution in [0, 0.1) is 6.92 Å². The summed E-state index contributed by atoms with van der Waals surface area (Å²) >= 11 is 3.54. The average Bonchev–Trinajstić information content (AvgIpc) is 2.64. The maximum Gasteiger partial charge on any atom is 0.352 e. The topological polar surface area (TPSA) is 42.2 Å². The normalized spacial score (nSPS) is 10.5. The molecule has 0 saturated carbocycles. The summed E-state index contributed by atoms with van der Waals surface area (Å²) in [5, 5.41) is 9.02. The summed E-state index contributed by atoms with van der Waals surface area (Å²) in [6, 6.07) is 9.38. The molecule has 1 aromatic heterocycles. The maximum atomic E-state index is 11.0. The molecule has 4 heteroatoms. The molecule has 2 aromatic rings. The molecule has 0 fully saturated rings. The third-order valence-electron chi connectivity index (χ3n) is 2.81. The number of aryl methyl sites for hydroxylation is 1. The Balaban J connectivity index is 2.62. The van der Waals surface area contributed by atoms with Gasteiger partial charge in [-0.05, 0) is 40.5 Å². The molecule has 1 heterocycles. The van der Waals surface area contributed by atoms with Crippen molar-refractivity contribution >= 4 is 21.9 Å². The largest absolute Gasteiger partial charge is 0.477 e. The number of aromatic nitrogens is 1. The van der Waals surface area contributed by atoms with Crippen molar-refractivity contribution in [3.05, 3.63) is 46.1 Å². The molecule has 88 valence electrons. The molecule has 0 saturated heterocycles. The summed E-state index contributed by atoms with van der Waals surface area (Å²) in [5.74, 6) is -0.914. The van der Waals surface area contributed by atoms with Crippen molar-refractivity contribution < 1.29 is 9.90 Å². The Bertz CT molecular complexity index is 587. The van der Waals surface area contributed by atoms with Crippen LogP contribution in [0.2, 0.25) is 0 Å². The Morgan fingerprint density at radius 3 is 2.59 bits per heavy atom. The van der Waals surface area contributed by atoms with Gasteiger partial charge in [-0.2, -0.15) is 0 Å². The number of nitrogens with zero attached hydrogens (tertiary/aromatic N) is 1. The van der Waals surface area contributed by atoms with Crippen molar-refractivity contribution in [3.63, 3.8) is 0 Å². The number of carboxylic acids is 1. The van der Waals surface area contributed by atoms with Gasteiger partial charge < -0.3 is 9.67 Å². The highest BCUT2D eigenvalue weighted by Crippen LogP contribution is 2.31. The van der Waals surface area contributed by atoms with E-state index < -0.39 is 5.97 Å². The minimum atomic E-state index is -0.914. The SMILES string of the molecule is Cc1cccc(-c2ccc(C(=O)O)n2C)c1Br. The summed E-state index contributed by atoms with van der Waals surface area (Å²) in [6.07, 6.45) is 0. The number of carbonyl (C=O) groups is 1. The van der Waals surface area contributed by atoms with Crippen molar-refractivity contribution in [2.45, 2.75) is 6.92 Å². The second kappa shape index (κ2) is 4.37. The second-order valence-electron chi connectivity index (χ2n) is 3.90. The lowest BCUT2D eigenvalue weighted by atomic mass is 10.1. The van der Waals surface area contributed by atoms with Crippen molar-refractivity contribution in [2.24, 2.45) is 7.05 Å². The van der Waals surface area contributed by atoms with Gasteiger partial charge in [0, 0.05) is 22.8 Å². The molecule has 0 aliphatic heterocycles. The highest BCUT2D eigenvalue weighted by atomic mass is 79.9. The van der Waals surface area contributed by atoms with Crippen LogP contribution >= 0.6 is 15.9 Å². The molecule has 2 rings (SSSR count). The van der Waals surface area contributed by atoms with Crippen LogP contribution in [0.4, 0.5) is 0 Å². The lowest BCUT2D eigenvalue weighted by molar-refractivity contribution is 0.0687. The van der Waals surface area contributed by atoms with E-state index in [4.69, 9.17) is 5.11 Å². The average molecular weight is 294 g/mol. The molecule has 0 spiro atoms. The van der Waals surface area contributed by atoms with E-state index >= 15 is 0 Å². The highest BCUT2D eigenvalue weighted by Gasteiger charge is 2.14. The van der Waals surface area contributed by atoms with E-state index in [0.29, 0.717) is 0 Å². The number of carboxylic acid groups (broad SMARTS) is 1. The maximum absolute atomic E-state index is 11.0. The molecule has 0 amide bonds. The van der Waals surface area contributed by atoms with Gasteiger partial charge in [-0.1, -0.05) is 18.2 Å². The Morgan fingerprint density at radius 1 is 1.29 bits per heavy atom. The molecule has 1 aromatic carbocycles. The van der Waals surface area contributed by atoms with Gasteiger partial charge in [0.2, 0.25) is 0 Å². The Kier molecular flexibility index (Phi) is 3.07. The van der Waals surface area contributed by atoms with E-state index in [9.17, 15) is 4.79 Å². The smallest absolute Gasteiger partial charge is 0.352 e. The minimum absolute atomic E-state index is 0.286. The Hall–Kier alpha value is -1.55. The fraction of sp³-hybridized carbons (Fsp3) is 0.154. The molecule has 0 unspecified atom stereocenters. The Morgan fingerprint density at radius 2 is 2.00 bits per heavy atom. The summed E-state index contributed by atoms with van der Waals surface area (Å²) in [7, 11) is 1.76. The number of benzene rings is 1. The summed E-state index contributed by atoms with van der Waals surface area (Å²) in [5.41, 5.74) is 3.30. The number of hydrogen-bond acceptors (Lipinski definition) is 1. The third kappa shape index (κ3) is 2.00. The standard InChI is InChI=1S/C13H12BrNO2/c1-8-4-3-5-9(12(8)14)10-6-7-11(13(16)17)15(10)2/h3-7H,1-2H3,(H,16,17). The lowest BCUT2D eigenvalue weighted by Crippen LogP contribution is -2.05. The van der Waals surface area contributed by atoms with E-state index in [1.165, 1.54) is 0 Å². The molecule has 3 nitrogen and oxygen atoms in total. The van der Waals surface area contributed by atoms with Gasteiger partial charge in [0.1, 0.15) is 5.69 Å². The van der Waals surface area contributed by atoms with Crippen molar-refractivity contribution in [3.8, 4) is 11.3 Å². The molecule has 0 atom stereocenters. The molecular formula is C13H12BrNO2. The zero-order valence-electron chi connectivity index (χ0n) is 9.57. The van der Waals surface area contributed by atoms with Crippen LogP contribution < -0.4 is 0 Å². The van der Waals surface area contributed by atoms with Crippen LogP contribution in [0.1, 0.15) is 16.1 Å². The zero-order chi connectivity index (χ0) is 12.6. The van der Waals surface area contributed by atoms with Gasteiger partial charge >= 0.3 is 5.97 Å². The first-order chi connectivity index (χ1) is 8.02. The van der Waals surface area contributed by atoms with Crippen molar-refractivity contribution in [2.75, 3.05) is 0 Å². The van der Waals surface area contributed by atoms with Crippen molar-refractivity contribution in [1.82, 2.24) is 4.57 Å². The molecule has 0 aliphatic carbocycles. The predicted molar refractivity (Wildman–Crippen MR) is 70.2 cm³/mol. The first-order valence-electron chi connectivity index (χ1n) is 5.17. The molecule has 1 N–H and O–H groups in total. The zero-order valence-corrected chi connectivity index (χ0v) is 11.2. The minimum Gasteiger partial charge on any atom is -0.477 e. The third-order valence-corrected chi connectivity index (χ3v) is 3.86. The predicted octanol–water partition coefficient (Wildman–Crippen LogP) is 3.46. The molecular weight excluding hydrogens is 282 g/mol. The van der Waals surface area contributed by atoms with Gasteiger partial charge in [-0.25, -0.2) is 4.79 Å². The van der Waals surface area contributed by atoms with E-state index in [2.05, 4.69) is 15.9 Å². The number of rotatable bonds is 2. The quantitative estimate of drug-likeness (QED) is 0.921. The van der Waals surface area contributed by atoms with Crippen LogP contribution in [-0.4, -0.2) is 15.6 Å². The van der Waals surface area contributed by atoms with E-state index in [0.717, 1.165) is 21.3 Å². The lowest BCUT2D eigenvalue weighted by Gasteiger charge is -2.09. The summed E-state index contributed by atoms with van der Waals surface area (Å²) in [6.45, 7) is 2.01.